The van der Waals surface area contributed by atoms with E-state index in [1.54, 1.807) is 36.0 Å². The Labute approximate surface area is 225 Å². The van der Waals surface area contributed by atoms with Crippen LogP contribution in [0.15, 0.2) is 94.7 Å². The second-order valence-electron chi connectivity index (χ2n) is 9.29. The lowest BCUT2D eigenvalue weighted by molar-refractivity contribution is -0.385. The second kappa shape index (κ2) is 11.1. The normalized spacial score (nSPS) is 12.1. The maximum absolute atomic E-state index is 11.1. The lowest BCUT2D eigenvalue weighted by Crippen LogP contribution is -2.22. The minimum absolute atomic E-state index is 0.0760. The molecule has 0 atom stereocenters. The highest BCUT2D eigenvalue weighted by atomic mass is 32.2. The standard InChI is InChI=1S/C30H27N3O4S/c1-2-3-4-5-18-31-27-16-10-23(21-6-12-25(13-7-21)32(34)35)19-29(27)38-30-20-24(11-17-28(30)31)22-8-14-26(15-9-22)33(36)37/h6-17,19-20H,2-5,18H2,1H3. The predicted octanol–water partition coefficient (Wildman–Crippen LogP) is 9.02. The Bertz CT molecular complexity index is 1380. The van der Waals surface area contributed by atoms with Crippen molar-refractivity contribution in [2.24, 2.45) is 0 Å². The summed E-state index contributed by atoms with van der Waals surface area (Å²) in [7, 11) is 0. The first-order valence-corrected chi connectivity index (χ1v) is 13.5. The van der Waals surface area contributed by atoms with Gasteiger partial charge >= 0.3 is 0 Å². The van der Waals surface area contributed by atoms with Gasteiger partial charge in [0.05, 0.1) is 21.2 Å². The van der Waals surface area contributed by atoms with Crippen LogP contribution in [-0.4, -0.2) is 16.4 Å². The number of unbranched alkanes of at least 4 members (excludes halogenated alkanes) is 3. The average Bonchev–Trinajstić information content (AvgIpc) is 2.94. The number of anilines is 2. The van der Waals surface area contributed by atoms with E-state index < -0.39 is 0 Å². The predicted molar refractivity (Wildman–Crippen MR) is 152 cm³/mol. The Balaban J connectivity index is 1.50. The van der Waals surface area contributed by atoms with E-state index in [-0.39, 0.29) is 21.2 Å². The van der Waals surface area contributed by atoms with E-state index >= 15 is 0 Å². The number of hydrogen-bond acceptors (Lipinski definition) is 6. The van der Waals surface area contributed by atoms with Gasteiger partial charge in [0.25, 0.3) is 11.4 Å². The van der Waals surface area contributed by atoms with Crippen LogP contribution < -0.4 is 4.90 Å². The van der Waals surface area contributed by atoms with Crippen molar-refractivity contribution in [3.05, 3.63) is 105 Å². The molecule has 0 saturated heterocycles. The largest absolute Gasteiger partial charge is 0.340 e. The molecule has 38 heavy (non-hydrogen) atoms. The molecule has 0 radical (unpaired) electrons. The fraction of sp³-hybridized carbons (Fsp3) is 0.200. The van der Waals surface area contributed by atoms with E-state index in [1.807, 2.05) is 0 Å². The first-order valence-electron chi connectivity index (χ1n) is 12.7. The van der Waals surface area contributed by atoms with Crippen molar-refractivity contribution >= 4 is 34.5 Å². The number of non-ortho nitro benzene ring substituents is 2. The molecule has 5 rings (SSSR count). The highest BCUT2D eigenvalue weighted by Gasteiger charge is 2.24. The van der Waals surface area contributed by atoms with Crippen LogP contribution >= 0.6 is 11.8 Å². The maximum Gasteiger partial charge on any atom is 0.269 e. The van der Waals surface area contributed by atoms with Crippen molar-refractivity contribution in [2.45, 2.75) is 42.4 Å². The molecule has 8 heteroatoms. The van der Waals surface area contributed by atoms with Gasteiger partial charge < -0.3 is 4.90 Å². The average molecular weight is 526 g/mol. The second-order valence-corrected chi connectivity index (χ2v) is 10.4. The molecular weight excluding hydrogens is 498 g/mol. The Kier molecular flexibility index (Phi) is 7.42. The summed E-state index contributed by atoms with van der Waals surface area (Å²) >= 11 is 1.71. The van der Waals surface area contributed by atoms with Crippen LogP contribution in [0.25, 0.3) is 22.3 Å². The number of rotatable bonds is 9. The molecule has 4 aromatic carbocycles. The Morgan fingerprint density at radius 1 is 0.632 bits per heavy atom. The molecule has 0 fully saturated rings. The topological polar surface area (TPSA) is 89.5 Å². The number of hydrogen-bond donors (Lipinski definition) is 0. The van der Waals surface area contributed by atoms with Crippen molar-refractivity contribution < 1.29 is 9.85 Å². The summed E-state index contributed by atoms with van der Waals surface area (Å²) in [4.78, 5) is 26.0. The minimum atomic E-state index is -0.387. The van der Waals surface area contributed by atoms with Crippen LogP contribution in [0.2, 0.25) is 0 Å². The summed E-state index contributed by atoms with van der Waals surface area (Å²) in [5.41, 5.74) is 6.34. The molecular formula is C30H27N3O4S. The highest BCUT2D eigenvalue weighted by molar-refractivity contribution is 7.99. The Morgan fingerprint density at radius 2 is 1.08 bits per heavy atom. The molecule has 1 aliphatic heterocycles. The summed E-state index contributed by atoms with van der Waals surface area (Å²) in [6, 6.07) is 26.1. The minimum Gasteiger partial charge on any atom is -0.340 e. The van der Waals surface area contributed by atoms with Gasteiger partial charge in [-0.15, -0.1) is 0 Å². The number of nitrogens with zero attached hydrogens (tertiary/aromatic N) is 3. The number of benzene rings is 4. The first kappa shape index (κ1) is 25.5. The molecule has 1 aliphatic rings. The molecule has 0 bridgehead atoms. The third-order valence-electron chi connectivity index (χ3n) is 6.78. The van der Waals surface area contributed by atoms with Crippen molar-refractivity contribution in [3.63, 3.8) is 0 Å². The van der Waals surface area contributed by atoms with Gasteiger partial charge in [-0.3, -0.25) is 20.2 Å². The van der Waals surface area contributed by atoms with E-state index in [9.17, 15) is 20.2 Å². The van der Waals surface area contributed by atoms with Crippen molar-refractivity contribution in [3.8, 4) is 22.3 Å². The summed E-state index contributed by atoms with van der Waals surface area (Å²) in [6.45, 7) is 3.12. The lowest BCUT2D eigenvalue weighted by atomic mass is 10.0. The van der Waals surface area contributed by atoms with Crippen LogP contribution in [0.1, 0.15) is 32.6 Å². The van der Waals surface area contributed by atoms with Crippen LogP contribution in [0.4, 0.5) is 22.7 Å². The summed E-state index contributed by atoms with van der Waals surface area (Å²) in [5, 5.41) is 22.1. The fourth-order valence-corrected chi connectivity index (χ4v) is 5.91. The molecule has 0 amide bonds. The molecule has 0 unspecified atom stereocenters. The van der Waals surface area contributed by atoms with Crippen LogP contribution in [0, 0.1) is 20.2 Å². The third-order valence-corrected chi connectivity index (χ3v) is 7.87. The molecule has 1 heterocycles. The zero-order valence-corrected chi connectivity index (χ0v) is 21.8. The van der Waals surface area contributed by atoms with Crippen molar-refractivity contribution in [1.82, 2.24) is 0 Å². The monoisotopic (exact) mass is 525 g/mol. The summed E-state index contributed by atoms with van der Waals surface area (Å²) in [6.07, 6.45) is 4.65. The van der Waals surface area contributed by atoms with E-state index in [2.05, 4.69) is 48.2 Å². The summed E-state index contributed by atoms with van der Waals surface area (Å²) in [5.74, 6) is 0. The van der Waals surface area contributed by atoms with Gasteiger partial charge in [0.15, 0.2) is 0 Å². The zero-order chi connectivity index (χ0) is 26.6. The molecule has 0 spiro atoms. The quantitative estimate of drug-likeness (QED) is 0.123. The fourth-order valence-electron chi connectivity index (χ4n) is 4.73. The van der Waals surface area contributed by atoms with Gasteiger partial charge in [-0.05, 0) is 77.2 Å². The summed E-state index contributed by atoms with van der Waals surface area (Å²) < 4.78 is 0. The maximum atomic E-state index is 11.1. The Morgan fingerprint density at radius 3 is 1.50 bits per heavy atom. The SMILES string of the molecule is CCCCCCN1c2ccc(-c3ccc([N+](=O)[O-])cc3)cc2Sc2cc(-c3ccc([N+](=O)[O-])cc3)ccc21. The van der Waals surface area contributed by atoms with E-state index in [0.29, 0.717) is 0 Å². The third kappa shape index (κ3) is 5.26. The van der Waals surface area contributed by atoms with Crippen LogP contribution in [0.5, 0.6) is 0 Å². The van der Waals surface area contributed by atoms with Gasteiger partial charge in [-0.2, -0.15) is 0 Å². The molecule has 7 nitrogen and oxygen atoms in total. The molecule has 0 aliphatic carbocycles. The number of nitro benzene ring substituents is 2. The molecule has 0 N–H and O–H groups in total. The van der Waals surface area contributed by atoms with Crippen LogP contribution in [0.3, 0.4) is 0 Å². The van der Waals surface area contributed by atoms with Crippen molar-refractivity contribution in [2.75, 3.05) is 11.4 Å². The van der Waals surface area contributed by atoms with Gasteiger partial charge in [0.1, 0.15) is 0 Å². The van der Waals surface area contributed by atoms with E-state index in [1.165, 1.54) is 43.5 Å². The molecule has 0 saturated carbocycles. The zero-order valence-electron chi connectivity index (χ0n) is 21.0. The lowest BCUT2D eigenvalue weighted by Gasteiger charge is -2.33. The molecule has 192 valence electrons. The smallest absolute Gasteiger partial charge is 0.269 e. The number of fused-ring (bicyclic) bond motifs is 2. The van der Waals surface area contributed by atoms with E-state index in [0.717, 1.165) is 56.4 Å². The van der Waals surface area contributed by atoms with Gasteiger partial charge in [-0.25, -0.2) is 0 Å². The highest BCUT2D eigenvalue weighted by Crippen LogP contribution is 2.50. The van der Waals surface area contributed by atoms with Crippen molar-refractivity contribution in [1.29, 1.82) is 0 Å². The van der Waals surface area contributed by atoms with Gasteiger partial charge in [0.2, 0.25) is 0 Å². The van der Waals surface area contributed by atoms with E-state index in [4.69, 9.17) is 0 Å². The molecule has 0 aromatic heterocycles. The first-order chi connectivity index (χ1) is 18.4. The molecule has 4 aromatic rings. The van der Waals surface area contributed by atoms with Crippen LogP contribution in [-0.2, 0) is 0 Å². The Hall–Kier alpha value is -4.17. The van der Waals surface area contributed by atoms with Gasteiger partial charge in [0, 0.05) is 40.6 Å². The van der Waals surface area contributed by atoms with Gasteiger partial charge in [-0.1, -0.05) is 50.1 Å². The number of nitro groups is 2.